The van der Waals surface area contributed by atoms with Gasteiger partial charge in [-0.3, -0.25) is 14.2 Å². The summed E-state index contributed by atoms with van der Waals surface area (Å²) < 4.78 is 29.8. The van der Waals surface area contributed by atoms with E-state index in [2.05, 4.69) is 15.0 Å². The number of ether oxygens (including phenoxy) is 1. The van der Waals surface area contributed by atoms with E-state index in [0.29, 0.717) is 10.6 Å². The van der Waals surface area contributed by atoms with Crippen LogP contribution in [0.25, 0.3) is 0 Å². The van der Waals surface area contributed by atoms with Gasteiger partial charge >= 0.3 is 12.3 Å². The first-order valence-corrected chi connectivity index (χ1v) is 8.65. The van der Waals surface area contributed by atoms with Crippen LogP contribution in [0.4, 0.5) is 14.5 Å². The number of benzene rings is 2. The Bertz CT molecular complexity index is 1160. The Morgan fingerprint density at radius 2 is 1.93 bits per heavy atom. The summed E-state index contributed by atoms with van der Waals surface area (Å²) in [5.41, 5.74) is -1.21. The Morgan fingerprint density at radius 1 is 1.17 bits per heavy atom. The molecule has 1 aromatic heterocycles. The minimum absolute atomic E-state index is 0.132. The van der Waals surface area contributed by atoms with Crippen molar-refractivity contribution in [2.75, 3.05) is 5.32 Å². The quantitative estimate of drug-likeness (QED) is 0.639. The molecule has 0 saturated heterocycles. The number of aromatic nitrogens is 2. The number of carbonyl (C=O) groups excluding carboxylic acids is 1. The molecule has 0 aliphatic rings. The zero-order valence-electron chi connectivity index (χ0n) is 14.7. The van der Waals surface area contributed by atoms with Crippen molar-refractivity contribution < 1.29 is 18.3 Å². The summed E-state index contributed by atoms with van der Waals surface area (Å²) in [5.74, 6) is -0.983. The molecule has 0 unspecified atom stereocenters. The second kappa shape index (κ2) is 8.70. The van der Waals surface area contributed by atoms with Crippen LogP contribution >= 0.6 is 11.6 Å². The number of carbonyl (C=O) groups is 1. The van der Waals surface area contributed by atoms with E-state index in [4.69, 9.17) is 11.6 Å². The van der Waals surface area contributed by atoms with Crippen LogP contribution in [0.1, 0.15) is 15.9 Å². The van der Waals surface area contributed by atoms with Crippen molar-refractivity contribution >= 4 is 23.2 Å². The van der Waals surface area contributed by atoms with Gasteiger partial charge in [0.25, 0.3) is 11.5 Å². The van der Waals surface area contributed by atoms with E-state index in [0.717, 1.165) is 10.8 Å². The lowest BCUT2D eigenvalue weighted by Crippen LogP contribution is -2.39. The van der Waals surface area contributed by atoms with E-state index in [1.807, 2.05) is 0 Å². The maximum absolute atomic E-state index is 12.7. The van der Waals surface area contributed by atoms with Crippen molar-refractivity contribution in [1.82, 2.24) is 9.55 Å². The molecule has 1 amide bonds. The van der Waals surface area contributed by atoms with Crippen molar-refractivity contribution in [3.05, 3.63) is 91.7 Å². The van der Waals surface area contributed by atoms with Crippen LogP contribution in [0.3, 0.4) is 0 Å². The molecular formula is C19H14ClF2N3O4. The molecule has 0 fully saturated rings. The van der Waals surface area contributed by atoms with Gasteiger partial charge in [0.2, 0.25) is 0 Å². The predicted molar refractivity (Wildman–Crippen MR) is 103 cm³/mol. The Labute approximate surface area is 167 Å². The minimum atomic E-state index is -3.02. The highest BCUT2D eigenvalue weighted by Gasteiger charge is 2.16. The number of nitrogens with one attached hydrogen (secondary N) is 2. The molecule has 0 aliphatic heterocycles. The second-order valence-electron chi connectivity index (χ2n) is 5.85. The first kappa shape index (κ1) is 20.3. The number of halogens is 3. The van der Waals surface area contributed by atoms with Crippen LogP contribution in [-0.4, -0.2) is 22.1 Å². The smallest absolute Gasteiger partial charge is 0.387 e. The van der Waals surface area contributed by atoms with Crippen LogP contribution in [0, 0.1) is 0 Å². The zero-order chi connectivity index (χ0) is 21.0. The molecule has 0 saturated carbocycles. The van der Waals surface area contributed by atoms with Crippen molar-refractivity contribution in [2.45, 2.75) is 13.2 Å². The van der Waals surface area contributed by atoms with Crippen molar-refractivity contribution in [2.24, 2.45) is 0 Å². The Morgan fingerprint density at radius 3 is 2.66 bits per heavy atom. The van der Waals surface area contributed by atoms with Gasteiger partial charge in [-0.15, -0.1) is 0 Å². The van der Waals surface area contributed by atoms with Crippen LogP contribution in [0.15, 0.2) is 64.3 Å². The predicted octanol–water partition coefficient (Wildman–Crippen LogP) is 3.09. The molecule has 2 aromatic carbocycles. The third kappa shape index (κ3) is 4.88. The molecule has 2 N–H and O–H groups in total. The van der Waals surface area contributed by atoms with E-state index in [-0.39, 0.29) is 23.5 Å². The molecule has 150 valence electrons. The standard InChI is InChI=1S/C19H14ClF2N3O4/c20-15-7-2-1-4-11(15)10-25-17(27)14(9-23-19(25)28)16(26)24-12-5-3-6-13(8-12)29-18(21)22/h1-9,18H,10H2,(H,23,28)(H,24,26). The lowest BCUT2D eigenvalue weighted by Gasteiger charge is -2.10. The summed E-state index contributed by atoms with van der Waals surface area (Å²) in [4.78, 5) is 39.6. The maximum atomic E-state index is 12.7. The van der Waals surface area contributed by atoms with Gasteiger partial charge in [0, 0.05) is 23.0 Å². The molecule has 0 spiro atoms. The van der Waals surface area contributed by atoms with Gasteiger partial charge < -0.3 is 15.0 Å². The third-order valence-corrected chi connectivity index (χ3v) is 4.28. The molecule has 0 radical (unpaired) electrons. The summed E-state index contributed by atoms with van der Waals surface area (Å²) in [6.07, 6.45) is 0.989. The summed E-state index contributed by atoms with van der Waals surface area (Å²) in [7, 11) is 0. The molecule has 29 heavy (non-hydrogen) atoms. The normalized spacial score (nSPS) is 10.8. The molecule has 3 rings (SSSR count). The molecule has 0 atom stereocenters. The number of rotatable bonds is 6. The molecule has 3 aromatic rings. The highest BCUT2D eigenvalue weighted by Crippen LogP contribution is 2.19. The zero-order valence-corrected chi connectivity index (χ0v) is 15.5. The van der Waals surface area contributed by atoms with E-state index < -0.39 is 23.8 Å². The third-order valence-electron chi connectivity index (χ3n) is 3.91. The SMILES string of the molecule is O=C(Nc1cccc(OC(F)F)c1)c1c[nH]c(=O)n(Cc2ccccc2Cl)c1=O. The van der Waals surface area contributed by atoms with Crippen LogP contribution < -0.4 is 21.3 Å². The monoisotopic (exact) mass is 421 g/mol. The van der Waals surface area contributed by atoms with Crippen LogP contribution in [0.5, 0.6) is 5.75 Å². The fraction of sp³-hybridized carbons (Fsp3) is 0.105. The van der Waals surface area contributed by atoms with Gasteiger partial charge in [-0.05, 0) is 23.8 Å². The maximum Gasteiger partial charge on any atom is 0.387 e. The van der Waals surface area contributed by atoms with E-state index in [1.165, 1.54) is 24.3 Å². The van der Waals surface area contributed by atoms with Gasteiger partial charge in [0.1, 0.15) is 11.3 Å². The van der Waals surface area contributed by atoms with Crippen molar-refractivity contribution in [3.8, 4) is 5.75 Å². The van der Waals surface area contributed by atoms with Crippen LogP contribution in [-0.2, 0) is 6.54 Å². The van der Waals surface area contributed by atoms with Crippen LogP contribution in [0.2, 0.25) is 5.02 Å². The summed E-state index contributed by atoms with van der Waals surface area (Å²) in [6.45, 7) is -3.15. The van der Waals surface area contributed by atoms with E-state index >= 15 is 0 Å². The highest BCUT2D eigenvalue weighted by molar-refractivity contribution is 6.31. The van der Waals surface area contributed by atoms with Crippen molar-refractivity contribution in [3.63, 3.8) is 0 Å². The van der Waals surface area contributed by atoms with Gasteiger partial charge in [-0.1, -0.05) is 35.9 Å². The summed E-state index contributed by atoms with van der Waals surface area (Å²) in [6, 6.07) is 12.0. The Hall–Kier alpha value is -3.46. The summed E-state index contributed by atoms with van der Waals surface area (Å²) >= 11 is 6.07. The molecular weight excluding hydrogens is 408 g/mol. The van der Waals surface area contributed by atoms with Crippen molar-refractivity contribution in [1.29, 1.82) is 0 Å². The summed E-state index contributed by atoms with van der Waals surface area (Å²) in [5, 5.41) is 2.77. The fourth-order valence-electron chi connectivity index (χ4n) is 2.56. The van der Waals surface area contributed by atoms with E-state index in [9.17, 15) is 23.2 Å². The molecule has 0 aliphatic carbocycles. The number of hydrogen-bond donors (Lipinski definition) is 2. The van der Waals surface area contributed by atoms with Gasteiger partial charge in [-0.2, -0.15) is 8.78 Å². The number of anilines is 1. The highest BCUT2D eigenvalue weighted by atomic mass is 35.5. The number of aromatic amines is 1. The second-order valence-corrected chi connectivity index (χ2v) is 6.26. The largest absolute Gasteiger partial charge is 0.435 e. The van der Waals surface area contributed by atoms with Gasteiger partial charge in [0.15, 0.2) is 0 Å². The number of nitrogens with zero attached hydrogens (tertiary/aromatic N) is 1. The molecule has 7 nitrogen and oxygen atoms in total. The lowest BCUT2D eigenvalue weighted by molar-refractivity contribution is -0.0497. The molecule has 1 heterocycles. The van der Waals surface area contributed by atoms with E-state index in [1.54, 1.807) is 24.3 Å². The average Bonchev–Trinajstić information content (AvgIpc) is 2.66. The number of hydrogen-bond acceptors (Lipinski definition) is 4. The minimum Gasteiger partial charge on any atom is -0.435 e. The fourth-order valence-corrected chi connectivity index (χ4v) is 2.76. The Balaban J connectivity index is 1.88. The topological polar surface area (TPSA) is 93.2 Å². The number of amides is 1. The van der Waals surface area contributed by atoms with Gasteiger partial charge in [0.05, 0.1) is 6.54 Å². The number of alkyl halides is 2. The van der Waals surface area contributed by atoms with Gasteiger partial charge in [-0.25, -0.2) is 4.79 Å². The number of H-pyrrole nitrogens is 1. The molecule has 10 heteroatoms. The average molecular weight is 422 g/mol. The Kier molecular flexibility index (Phi) is 6.08. The first-order chi connectivity index (χ1) is 13.8. The molecule has 0 bridgehead atoms. The first-order valence-electron chi connectivity index (χ1n) is 8.27. The lowest BCUT2D eigenvalue weighted by atomic mass is 10.2.